The first-order valence-electron chi connectivity index (χ1n) is 9.34. The molecule has 0 saturated heterocycles. The zero-order valence-corrected chi connectivity index (χ0v) is 16.7. The van der Waals surface area contributed by atoms with Crippen molar-refractivity contribution in [1.82, 2.24) is 10.2 Å². The van der Waals surface area contributed by atoms with Crippen LogP contribution in [0.2, 0.25) is 0 Å². The van der Waals surface area contributed by atoms with Crippen LogP contribution in [0.3, 0.4) is 0 Å². The lowest BCUT2D eigenvalue weighted by Crippen LogP contribution is -2.12. The van der Waals surface area contributed by atoms with Crippen molar-refractivity contribution in [2.24, 2.45) is 0 Å². The van der Waals surface area contributed by atoms with Crippen molar-refractivity contribution in [3.63, 3.8) is 0 Å². The highest BCUT2D eigenvalue weighted by molar-refractivity contribution is 6.03. The van der Waals surface area contributed by atoms with Crippen molar-refractivity contribution >= 4 is 17.3 Å². The molecule has 9 nitrogen and oxygen atoms in total. The van der Waals surface area contributed by atoms with Crippen LogP contribution >= 0.6 is 0 Å². The molecular weight excluding hydrogens is 400 g/mol. The molecule has 0 unspecified atom stereocenters. The highest BCUT2D eigenvalue weighted by atomic mass is 16.6. The van der Waals surface area contributed by atoms with Gasteiger partial charge in [0.1, 0.15) is 17.2 Å². The second-order valence-electron chi connectivity index (χ2n) is 6.94. The number of carbonyl (C=O) groups excluding carboxylic acids is 1. The molecule has 31 heavy (non-hydrogen) atoms. The van der Waals surface area contributed by atoms with Crippen molar-refractivity contribution in [3.8, 4) is 23.0 Å². The van der Waals surface area contributed by atoms with E-state index in [2.05, 4.69) is 15.5 Å². The first-order chi connectivity index (χ1) is 14.9. The molecule has 0 bridgehead atoms. The van der Waals surface area contributed by atoms with Gasteiger partial charge in [-0.25, -0.2) is 0 Å². The predicted octanol–water partition coefficient (Wildman–Crippen LogP) is 5.24. The van der Waals surface area contributed by atoms with Gasteiger partial charge in [-0.3, -0.25) is 20.0 Å². The van der Waals surface area contributed by atoms with E-state index in [1.165, 1.54) is 30.5 Å². The number of nitro benzene ring substituents is 1. The van der Waals surface area contributed by atoms with Crippen molar-refractivity contribution in [3.05, 3.63) is 87.8 Å². The Morgan fingerprint density at radius 1 is 1.16 bits per heavy atom. The lowest BCUT2D eigenvalue weighted by Gasteiger charge is -2.11. The molecule has 4 rings (SSSR count). The summed E-state index contributed by atoms with van der Waals surface area (Å²) in [7, 11) is 0. The van der Waals surface area contributed by atoms with E-state index in [4.69, 9.17) is 9.15 Å². The van der Waals surface area contributed by atoms with E-state index < -0.39 is 10.8 Å². The molecule has 0 aliphatic carbocycles. The molecule has 0 fully saturated rings. The SMILES string of the molecule is Cc1ccc(C)c(Oc2cc(NC(=O)c3cc(-c4ccco4)[nH]n3)cc([N+](=O)[O-])c2)c1. The van der Waals surface area contributed by atoms with Crippen molar-refractivity contribution < 1.29 is 18.9 Å². The number of furan rings is 1. The third-order valence-corrected chi connectivity index (χ3v) is 4.53. The Hall–Kier alpha value is -4.40. The summed E-state index contributed by atoms with van der Waals surface area (Å²) in [5.74, 6) is 0.808. The van der Waals surface area contributed by atoms with Crippen molar-refractivity contribution in [2.75, 3.05) is 5.32 Å². The van der Waals surface area contributed by atoms with Gasteiger partial charge in [-0.1, -0.05) is 12.1 Å². The van der Waals surface area contributed by atoms with Gasteiger partial charge in [-0.2, -0.15) is 5.10 Å². The number of hydrogen-bond acceptors (Lipinski definition) is 6. The topological polar surface area (TPSA) is 123 Å². The number of aromatic amines is 1. The molecule has 0 radical (unpaired) electrons. The number of aromatic nitrogens is 2. The minimum Gasteiger partial charge on any atom is -0.463 e. The van der Waals surface area contributed by atoms with Gasteiger partial charge in [-0.05, 0) is 43.2 Å². The van der Waals surface area contributed by atoms with Gasteiger partial charge in [0, 0.05) is 18.2 Å². The summed E-state index contributed by atoms with van der Waals surface area (Å²) in [6.07, 6.45) is 1.51. The van der Waals surface area contributed by atoms with Gasteiger partial charge in [0.15, 0.2) is 11.5 Å². The Balaban J connectivity index is 1.59. The number of anilines is 1. The van der Waals surface area contributed by atoms with Crippen LogP contribution in [0.25, 0.3) is 11.5 Å². The molecule has 9 heteroatoms. The van der Waals surface area contributed by atoms with Gasteiger partial charge in [0.25, 0.3) is 11.6 Å². The highest BCUT2D eigenvalue weighted by Crippen LogP contribution is 2.32. The number of amides is 1. The van der Waals surface area contributed by atoms with E-state index >= 15 is 0 Å². The van der Waals surface area contributed by atoms with Crippen LogP contribution in [-0.4, -0.2) is 21.0 Å². The maximum absolute atomic E-state index is 12.6. The number of non-ortho nitro benzene ring substituents is 1. The number of rotatable bonds is 6. The first-order valence-corrected chi connectivity index (χ1v) is 9.34. The number of carbonyl (C=O) groups is 1. The van der Waals surface area contributed by atoms with Crippen molar-refractivity contribution in [1.29, 1.82) is 0 Å². The van der Waals surface area contributed by atoms with Crippen LogP contribution in [0.5, 0.6) is 11.5 Å². The van der Waals surface area contributed by atoms with Gasteiger partial charge in [-0.15, -0.1) is 0 Å². The smallest absolute Gasteiger partial charge is 0.276 e. The monoisotopic (exact) mass is 418 g/mol. The molecular formula is C22H18N4O5. The van der Waals surface area contributed by atoms with Crippen LogP contribution in [0, 0.1) is 24.0 Å². The fraction of sp³-hybridized carbons (Fsp3) is 0.0909. The number of nitrogens with zero attached hydrogens (tertiary/aromatic N) is 2. The third kappa shape index (κ3) is 4.45. The van der Waals surface area contributed by atoms with E-state index in [9.17, 15) is 14.9 Å². The molecule has 0 atom stereocenters. The number of aryl methyl sites for hydroxylation is 2. The second kappa shape index (κ2) is 8.15. The second-order valence-corrected chi connectivity index (χ2v) is 6.94. The van der Waals surface area contributed by atoms with E-state index in [1.54, 1.807) is 12.1 Å². The summed E-state index contributed by atoms with van der Waals surface area (Å²) in [5.41, 5.74) is 2.51. The Labute approximate surface area is 176 Å². The number of hydrogen-bond donors (Lipinski definition) is 2. The number of H-pyrrole nitrogens is 1. The van der Waals surface area contributed by atoms with Gasteiger partial charge >= 0.3 is 0 Å². The number of nitrogens with one attached hydrogen (secondary N) is 2. The molecule has 1 amide bonds. The molecule has 2 N–H and O–H groups in total. The normalized spacial score (nSPS) is 10.6. The summed E-state index contributed by atoms with van der Waals surface area (Å²) >= 11 is 0. The summed E-state index contributed by atoms with van der Waals surface area (Å²) < 4.78 is 11.1. The van der Waals surface area contributed by atoms with E-state index in [0.717, 1.165) is 11.1 Å². The first kappa shape index (κ1) is 19.9. The fourth-order valence-electron chi connectivity index (χ4n) is 2.96. The molecule has 0 spiro atoms. The highest BCUT2D eigenvalue weighted by Gasteiger charge is 2.17. The van der Waals surface area contributed by atoms with Gasteiger partial charge in [0.05, 0.1) is 22.9 Å². The van der Waals surface area contributed by atoms with E-state index in [1.807, 2.05) is 32.0 Å². The minimum absolute atomic E-state index is 0.106. The zero-order chi connectivity index (χ0) is 22.0. The molecule has 2 aromatic heterocycles. The summed E-state index contributed by atoms with van der Waals surface area (Å²) in [4.78, 5) is 23.4. The standard InChI is InChI=1S/C22H18N4O5/c1-13-5-6-14(2)21(8-13)31-17-10-15(9-16(11-17)26(28)29)23-22(27)19-12-18(24-25-19)20-4-3-7-30-20/h3-12H,1-2H3,(H,23,27)(H,24,25). The Morgan fingerprint density at radius 3 is 2.74 bits per heavy atom. The Morgan fingerprint density at radius 2 is 2.00 bits per heavy atom. The molecule has 2 aromatic carbocycles. The summed E-state index contributed by atoms with van der Waals surface area (Å²) in [6, 6.07) is 14.7. The number of benzene rings is 2. The maximum atomic E-state index is 12.6. The van der Waals surface area contributed by atoms with Crippen LogP contribution in [0.1, 0.15) is 21.6 Å². The molecule has 4 aromatic rings. The summed E-state index contributed by atoms with van der Waals surface area (Å²) in [5, 5.41) is 20.7. The number of ether oxygens (including phenoxy) is 1. The van der Waals surface area contributed by atoms with E-state index in [0.29, 0.717) is 17.2 Å². The fourth-order valence-corrected chi connectivity index (χ4v) is 2.96. The Kier molecular flexibility index (Phi) is 5.23. The minimum atomic E-state index is -0.546. The van der Waals surface area contributed by atoms with Crippen LogP contribution in [-0.2, 0) is 0 Å². The molecule has 156 valence electrons. The zero-order valence-electron chi connectivity index (χ0n) is 16.7. The molecule has 0 saturated carbocycles. The van der Waals surface area contributed by atoms with Crippen LogP contribution in [0.15, 0.2) is 65.3 Å². The maximum Gasteiger partial charge on any atom is 0.276 e. The third-order valence-electron chi connectivity index (χ3n) is 4.53. The van der Waals surface area contributed by atoms with Crippen LogP contribution < -0.4 is 10.1 Å². The van der Waals surface area contributed by atoms with Gasteiger partial charge < -0.3 is 14.5 Å². The average Bonchev–Trinajstić information content (AvgIpc) is 3.42. The number of nitro groups is 1. The molecule has 0 aliphatic rings. The van der Waals surface area contributed by atoms with E-state index in [-0.39, 0.29) is 22.8 Å². The lowest BCUT2D eigenvalue weighted by atomic mass is 10.1. The Bertz CT molecular complexity index is 1260. The quantitative estimate of drug-likeness (QED) is 0.326. The molecule has 0 aliphatic heterocycles. The van der Waals surface area contributed by atoms with Gasteiger partial charge in [0.2, 0.25) is 0 Å². The molecule has 2 heterocycles. The predicted molar refractivity (Wildman–Crippen MR) is 113 cm³/mol. The largest absolute Gasteiger partial charge is 0.463 e. The van der Waals surface area contributed by atoms with Crippen molar-refractivity contribution in [2.45, 2.75) is 13.8 Å². The lowest BCUT2D eigenvalue weighted by molar-refractivity contribution is -0.384. The summed E-state index contributed by atoms with van der Waals surface area (Å²) in [6.45, 7) is 3.80. The average molecular weight is 418 g/mol. The van der Waals surface area contributed by atoms with Crippen LogP contribution in [0.4, 0.5) is 11.4 Å².